The highest BCUT2D eigenvalue weighted by Crippen LogP contribution is 2.27. The van der Waals surface area contributed by atoms with Gasteiger partial charge in [-0.05, 0) is 36.1 Å². The fourth-order valence-corrected chi connectivity index (χ4v) is 4.02. The summed E-state index contributed by atoms with van der Waals surface area (Å²) in [5, 5.41) is 3.76. The van der Waals surface area contributed by atoms with Crippen molar-refractivity contribution in [3.63, 3.8) is 0 Å². The first kappa shape index (κ1) is 16.9. The van der Waals surface area contributed by atoms with Crippen LogP contribution in [-0.4, -0.2) is 33.1 Å². The average molecular weight is 361 g/mol. The number of thioether (sulfide) groups is 1. The molecule has 0 aliphatic rings. The van der Waals surface area contributed by atoms with Crippen molar-refractivity contribution in [3.8, 4) is 0 Å². The Morgan fingerprint density at radius 2 is 2.21 bits per heavy atom. The fourth-order valence-electron chi connectivity index (χ4n) is 2.34. The molecule has 7 heteroatoms. The molecule has 0 N–H and O–H groups in total. The molecule has 2 heterocycles. The Morgan fingerprint density at radius 3 is 3.00 bits per heavy atom. The zero-order chi connectivity index (χ0) is 16.9. The molecule has 0 atom stereocenters. The lowest BCUT2D eigenvalue weighted by Crippen LogP contribution is -2.31. The van der Waals surface area contributed by atoms with Crippen LogP contribution in [0.15, 0.2) is 47.1 Å². The van der Waals surface area contributed by atoms with Crippen molar-refractivity contribution in [1.82, 2.24) is 14.9 Å². The van der Waals surface area contributed by atoms with Gasteiger partial charge in [0, 0.05) is 18.5 Å². The van der Waals surface area contributed by atoms with Crippen LogP contribution in [0.2, 0.25) is 0 Å². The molecule has 4 nitrogen and oxygen atoms in total. The van der Waals surface area contributed by atoms with Gasteiger partial charge in [-0.15, -0.1) is 11.3 Å². The molecule has 1 aromatic carbocycles. The number of rotatable bonds is 6. The topological polar surface area (TPSA) is 46.1 Å². The van der Waals surface area contributed by atoms with Crippen LogP contribution in [0.3, 0.4) is 0 Å². The lowest BCUT2D eigenvalue weighted by molar-refractivity contribution is -0.128. The molecule has 3 rings (SSSR count). The van der Waals surface area contributed by atoms with Gasteiger partial charge in [0.2, 0.25) is 5.91 Å². The van der Waals surface area contributed by atoms with Crippen molar-refractivity contribution >= 4 is 39.2 Å². The SMILES string of the molecule is CCN(Cc1cccc(F)c1)C(=O)CSc1ncnc2sccc12. The average Bonchev–Trinajstić information content (AvgIpc) is 3.07. The Hall–Kier alpha value is -1.99. The molecule has 1 amide bonds. The van der Waals surface area contributed by atoms with E-state index >= 15 is 0 Å². The van der Waals surface area contributed by atoms with Crippen molar-refractivity contribution in [2.45, 2.75) is 18.5 Å². The van der Waals surface area contributed by atoms with Gasteiger partial charge in [-0.25, -0.2) is 14.4 Å². The van der Waals surface area contributed by atoms with Gasteiger partial charge in [-0.3, -0.25) is 4.79 Å². The number of aromatic nitrogens is 2. The molecule has 0 unspecified atom stereocenters. The van der Waals surface area contributed by atoms with E-state index in [0.717, 1.165) is 20.8 Å². The number of benzene rings is 1. The summed E-state index contributed by atoms with van der Waals surface area (Å²) in [6.45, 7) is 2.91. The lowest BCUT2D eigenvalue weighted by Gasteiger charge is -2.20. The summed E-state index contributed by atoms with van der Waals surface area (Å²) < 4.78 is 13.3. The number of hydrogen-bond donors (Lipinski definition) is 0. The van der Waals surface area contributed by atoms with Crippen LogP contribution in [0.5, 0.6) is 0 Å². The Kier molecular flexibility index (Phi) is 5.42. The minimum absolute atomic E-state index is 0.00810. The standard InChI is InChI=1S/C17H16FN3OS2/c1-2-21(9-12-4-3-5-13(18)8-12)15(22)10-24-17-14-6-7-23-16(14)19-11-20-17/h3-8,11H,2,9-10H2,1H3. The third-order valence-corrected chi connectivity index (χ3v) is 5.37. The van der Waals surface area contributed by atoms with Gasteiger partial charge in [0.1, 0.15) is 22.0 Å². The molecule has 124 valence electrons. The van der Waals surface area contributed by atoms with Gasteiger partial charge >= 0.3 is 0 Å². The molecule has 0 aliphatic carbocycles. The quantitative estimate of drug-likeness (QED) is 0.492. The minimum Gasteiger partial charge on any atom is -0.338 e. The van der Waals surface area contributed by atoms with Crippen LogP contribution in [-0.2, 0) is 11.3 Å². The number of hydrogen-bond acceptors (Lipinski definition) is 5. The van der Waals surface area contributed by atoms with Crippen molar-refractivity contribution in [3.05, 3.63) is 53.4 Å². The molecule has 24 heavy (non-hydrogen) atoms. The Bertz CT molecular complexity index is 852. The Balaban J connectivity index is 1.65. The van der Waals surface area contributed by atoms with Crippen LogP contribution < -0.4 is 0 Å². The van der Waals surface area contributed by atoms with Crippen LogP contribution in [0.1, 0.15) is 12.5 Å². The Morgan fingerprint density at radius 1 is 1.33 bits per heavy atom. The second kappa shape index (κ2) is 7.72. The zero-order valence-electron chi connectivity index (χ0n) is 13.1. The van der Waals surface area contributed by atoms with Gasteiger partial charge in [-0.2, -0.15) is 0 Å². The Labute approximate surface area is 147 Å². The summed E-state index contributed by atoms with van der Waals surface area (Å²) in [5.74, 6) is 0.0189. The number of carbonyl (C=O) groups excluding carboxylic acids is 1. The first-order chi connectivity index (χ1) is 11.7. The van der Waals surface area contributed by atoms with E-state index in [1.165, 1.54) is 30.2 Å². The molecular weight excluding hydrogens is 345 g/mol. The predicted octanol–water partition coefficient (Wildman–Crippen LogP) is 3.97. The maximum atomic E-state index is 13.3. The van der Waals surface area contributed by atoms with E-state index in [1.54, 1.807) is 22.3 Å². The van der Waals surface area contributed by atoms with Crippen molar-refractivity contribution in [2.24, 2.45) is 0 Å². The zero-order valence-corrected chi connectivity index (χ0v) is 14.7. The molecule has 0 aliphatic heterocycles. The van der Waals surface area contributed by atoms with E-state index in [4.69, 9.17) is 0 Å². The molecule has 0 saturated heterocycles. The maximum absolute atomic E-state index is 13.3. The lowest BCUT2D eigenvalue weighted by atomic mass is 10.2. The molecule has 0 saturated carbocycles. The van der Waals surface area contributed by atoms with Crippen LogP contribution in [0.25, 0.3) is 10.2 Å². The monoisotopic (exact) mass is 361 g/mol. The van der Waals surface area contributed by atoms with E-state index in [9.17, 15) is 9.18 Å². The normalized spacial score (nSPS) is 10.9. The smallest absolute Gasteiger partial charge is 0.233 e. The molecule has 0 bridgehead atoms. The van der Waals surface area contributed by atoms with Crippen molar-refractivity contribution in [1.29, 1.82) is 0 Å². The number of nitrogens with zero attached hydrogens (tertiary/aromatic N) is 3. The summed E-state index contributed by atoms with van der Waals surface area (Å²) in [4.78, 5) is 23.6. The van der Waals surface area contributed by atoms with Gasteiger partial charge in [0.15, 0.2) is 0 Å². The number of amides is 1. The van der Waals surface area contributed by atoms with Gasteiger partial charge in [0.05, 0.1) is 5.75 Å². The molecule has 0 spiro atoms. The predicted molar refractivity (Wildman–Crippen MR) is 95.6 cm³/mol. The van der Waals surface area contributed by atoms with Crippen LogP contribution >= 0.6 is 23.1 Å². The second-order valence-corrected chi connectivity index (χ2v) is 7.00. The number of thiophene rings is 1. The summed E-state index contributed by atoms with van der Waals surface area (Å²) in [6.07, 6.45) is 1.52. The van der Waals surface area contributed by atoms with Crippen molar-refractivity contribution < 1.29 is 9.18 Å². The summed E-state index contributed by atoms with van der Waals surface area (Å²) in [5.41, 5.74) is 0.789. The molecule has 2 aromatic heterocycles. The maximum Gasteiger partial charge on any atom is 0.233 e. The summed E-state index contributed by atoms with van der Waals surface area (Å²) >= 11 is 2.96. The molecule has 0 radical (unpaired) electrons. The van der Waals surface area contributed by atoms with E-state index < -0.39 is 0 Å². The highest BCUT2D eigenvalue weighted by molar-refractivity contribution is 8.00. The highest BCUT2D eigenvalue weighted by Gasteiger charge is 2.14. The van der Waals surface area contributed by atoms with Crippen LogP contribution in [0.4, 0.5) is 4.39 Å². The third-order valence-electron chi connectivity index (χ3n) is 3.55. The van der Waals surface area contributed by atoms with E-state index in [2.05, 4.69) is 9.97 Å². The number of fused-ring (bicyclic) bond motifs is 1. The van der Waals surface area contributed by atoms with E-state index in [0.29, 0.717) is 18.8 Å². The molecule has 3 aromatic rings. The van der Waals surface area contributed by atoms with Gasteiger partial charge in [0.25, 0.3) is 0 Å². The van der Waals surface area contributed by atoms with E-state index in [1.807, 2.05) is 24.4 Å². The van der Waals surface area contributed by atoms with Crippen molar-refractivity contribution in [2.75, 3.05) is 12.3 Å². The highest BCUT2D eigenvalue weighted by atomic mass is 32.2. The van der Waals surface area contributed by atoms with Crippen LogP contribution in [0, 0.1) is 5.82 Å². The van der Waals surface area contributed by atoms with E-state index in [-0.39, 0.29) is 11.7 Å². The first-order valence-corrected chi connectivity index (χ1v) is 9.37. The first-order valence-electron chi connectivity index (χ1n) is 7.50. The largest absolute Gasteiger partial charge is 0.338 e. The van der Waals surface area contributed by atoms with Gasteiger partial charge in [-0.1, -0.05) is 23.9 Å². The third kappa shape index (κ3) is 3.91. The fraction of sp³-hybridized carbons (Fsp3) is 0.235. The number of halogens is 1. The molecular formula is C17H16FN3OS2. The minimum atomic E-state index is -0.286. The number of carbonyl (C=O) groups is 1. The summed E-state index contributed by atoms with van der Waals surface area (Å²) in [6, 6.07) is 8.32. The van der Waals surface area contributed by atoms with Gasteiger partial charge < -0.3 is 4.90 Å². The molecule has 0 fully saturated rings. The second-order valence-electron chi connectivity index (χ2n) is 5.14. The summed E-state index contributed by atoms with van der Waals surface area (Å²) in [7, 11) is 0.